The van der Waals surface area contributed by atoms with Gasteiger partial charge in [-0.2, -0.15) is 0 Å². The standard InChI is InChI=1S/C15H16Cl2N2O4/c1-3-22-14(20)13-8(2)18-15(21)19-11(13)7-23-12-6-9(16)4-5-10(12)17/h4-6,8H,3,7H2,1-2H3,(H2,18,19,21)/t8-/m1/s1. The maximum absolute atomic E-state index is 12.1. The van der Waals surface area contributed by atoms with Gasteiger partial charge in [0, 0.05) is 11.1 Å². The first kappa shape index (κ1) is 17.4. The highest BCUT2D eigenvalue weighted by atomic mass is 35.5. The molecular formula is C15H16Cl2N2O4. The zero-order chi connectivity index (χ0) is 17.0. The SMILES string of the molecule is CCOC(=O)C1=C(COc2cc(Cl)ccc2Cl)NC(=O)N[C@@H]1C. The summed E-state index contributed by atoms with van der Waals surface area (Å²) >= 11 is 11.9. The molecule has 6 nitrogen and oxygen atoms in total. The lowest BCUT2D eigenvalue weighted by atomic mass is 10.0. The van der Waals surface area contributed by atoms with Crippen LogP contribution in [0.1, 0.15) is 13.8 Å². The molecule has 1 aliphatic heterocycles. The van der Waals surface area contributed by atoms with Crippen LogP contribution >= 0.6 is 23.2 Å². The molecule has 1 aromatic rings. The number of nitrogens with one attached hydrogen (secondary N) is 2. The van der Waals surface area contributed by atoms with Crippen LogP contribution in [0.25, 0.3) is 0 Å². The van der Waals surface area contributed by atoms with Gasteiger partial charge in [-0.1, -0.05) is 23.2 Å². The minimum absolute atomic E-state index is 0.0496. The van der Waals surface area contributed by atoms with E-state index in [2.05, 4.69) is 10.6 Å². The molecule has 0 bridgehead atoms. The van der Waals surface area contributed by atoms with E-state index in [0.29, 0.717) is 27.1 Å². The van der Waals surface area contributed by atoms with Gasteiger partial charge < -0.3 is 20.1 Å². The molecule has 2 amide bonds. The highest BCUT2D eigenvalue weighted by Crippen LogP contribution is 2.28. The zero-order valence-electron chi connectivity index (χ0n) is 12.6. The highest BCUT2D eigenvalue weighted by Gasteiger charge is 2.30. The van der Waals surface area contributed by atoms with Crippen molar-refractivity contribution in [1.82, 2.24) is 10.6 Å². The van der Waals surface area contributed by atoms with Crippen molar-refractivity contribution in [2.75, 3.05) is 13.2 Å². The van der Waals surface area contributed by atoms with Gasteiger partial charge >= 0.3 is 12.0 Å². The Balaban J connectivity index is 2.24. The van der Waals surface area contributed by atoms with Crippen molar-refractivity contribution < 1.29 is 19.1 Å². The lowest BCUT2D eigenvalue weighted by Crippen LogP contribution is -2.50. The van der Waals surface area contributed by atoms with Crippen LogP contribution in [0.3, 0.4) is 0 Å². The molecule has 1 aromatic carbocycles. The minimum atomic E-state index is -0.511. The third-order valence-corrected chi connectivity index (χ3v) is 3.68. The fourth-order valence-electron chi connectivity index (χ4n) is 2.13. The molecule has 0 spiro atoms. The molecule has 1 heterocycles. The molecule has 1 atom stereocenters. The summed E-state index contributed by atoms with van der Waals surface area (Å²) in [5.74, 6) is -0.154. The van der Waals surface area contributed by atoms with E-state index in [0.717, 1.165) is 0 Å². The quantitative estimate of drug-likeness (QED) is 0.793. The lowest BCUT2D eigenvalue weighted by Gasteiger charge is -2.26. The van der Waals surface area contributed by atoms with E-state index < -0.39 is 18.0 Å². The average Bonchev–Trinajstić information content (AvgIpc) is 2.47. The van der Waals surface area contributed by atoms with E-state index >= 15 is 0 Å². The molecule has 0 unspecified atom stereocenters. The van der Waals surface area contributed by atoms with Crippen molar-refractivity contribution in [3.05, 3.63) is 39.5 Å². The largest absolute Gasteiger partial charge is 0.486 e. The van der Waals surface area contributed by atoms with Crippen LogP contribution < -0.4 is 15.4 Å². The molecular weight excluding hydrogens is 343 g/mol. The molecule has 2 rings (SSSR count). The number of halogens is 2. The topological polar surface area (TPSA) is 76.7 Å². The van der Waals surface area contributed by atoms with Crippen molar-refractivity contribution >= 4 is 35.2 Å². The molecule has 0 saturated heterocycles. The van der Waals surface area contributed by atoms with E-state index in [9.17, 15) is 9.59 Å². The van der Waals surface area contributed by atoms with Crippen LogP contribution in [0, 0.1) is 0 Å². The van der Waals surface area contributed by atoms with Gasteiger partial charge in [-0.25, -0.2) is 9.59 Å². The number of hydrogen-bond acceptors (Lipinski definition) is 4. The molecule has 23 heavy (non-hydrogen) atoms. The molecule has 0 aromatic heterocycles. The Kier molecular flexibility index (Phi) is 5.74. The van der Waals surface area contributed by atoms with E-state index in [4.69, 9.17) is 32.7 Å². The minimum Gasteiger partial charge on any atom is -0.486 e. The number of carbonyl (C=O) groups is 2. The number of amides is 2. The molecule has 0 fully saturated rings. The number of benzene rings is 1. The van der Waals surface area contributed by atoms with E-state index in [1.54, 1.807) is 32.0 Å². The Morgan fingerprint density at radius 3 is 2.78 bits per heavy atom. The zero-order valence-corrected chi connectivity index (χ0v) is 14.1. The Labute approximate surface area is 143 Å². The number of carbonyl (C=O) groups excluding carboxylic acids is 2. The summed E-state index contributed by atoms with van der Waals surface area (Å²) in [5.41, 5.74) is 0.639. The average molecular weight is 359 g/mol. The van der Waals surface area contributed by atoms with Crippen molar-refractivity contribution in [2.45, 2.75) is 19.9 Å². The molecule has 0 radical (unpaired) electrons. The van der Waals surface area contributed by atoms with Crippen molar-refractivity contribution in [1.29, 1.82) is 0 Å². The molecule has 0 saturated carbocycles. The second kappa shape index (κ2) is 7.57. The van der Waals surface area contributed by atoms with Crippen LogP contribution in [0.4, 0.5) is 4.79 Å². The van der Waals surface area contributed by atoms with E-state index in [1.165, 1.54) is 0 Å². The lowest BCUT2D eigenvalue weighted by molar-refractivity contribution is -0.139. The summed E-state index contributed by atoms with van der Waals surface area (Å²) in [7, 11) is 0. The molecule has 2 N–H and O–H groups in total. The highest BCUT2D eigenvalue weighted by molar-refractivity contribution is 6.34. The summed E-state index contributed by atoms with van der Waals surface area (Å²) < 4.78 is 10.6. The van der Waals surface area contributed by atoms with Gasteiger partial charge in [-0.15, -0.1) is 0 Å². The summed E-state index contributed by atoms with van der Waals surface area (Å²) in [4.78, 5) is 23.7. The maximum Gasteiger partial charge on any atom is 0.338 e. The predicted molar refractivity (Wildman–Crippen MR) is 86.7 cm³/mol. The number of esters is 1. The Hall–Kier alpha value is -1.92. The summed E-state index contributed by atoms with van der Waals surface area (Å²) in [6.45, 7) is 3.58. The van der Waals surface area contributed by atoms with E-state index in [-0.39, 0.29) is 13.2 Å². The van der Waals surface area contributed by atoms with Gasteiger partial charge in [-0.05, 0) is 26.0 Å². The Morgan fingerprint density at radius 1 is 1.35 bits per heavy atom. The number of ether oxygens (including phenoxy) is 2. The molecule has 0 aliphatic carbocycles. The smallest absolute Gasteiger partial charge is 0.338 e. The second-order valence-electron chi connectivity index (χ2n) is 4.80. The summed E-state index contributed by atoms with van der Waals surface area (Å²) in [6, 6.07) is 3.89. The van der Waals surface area contributed by atoms with Gasteiger partial charge in [0.1, 0.15) is 12.4 Å². The first-order chi connectivity index (χ1) is 10.9. The van der Waals surface area contributed by atoms with Gasteiger partial charge in [0.05, 0.1) is 28.9 Å². The van der Waals surface area contributed by atoms with Crippen LogP contribution in [0.15, 0.2) is 29.5 Å². The van der Waals surface area contributed by atoms with Gasteiger partial charge in [-0.3, -0.25) is 0 Å². The fraction of sp³-hybridized carbons (Fsp3) is 0.333. The van der Waals surface area contributed by atoms with Crippen molar-refractivity contribution in [3.63, 3.8) is 0 Å². The van der Waals surface area contributed by atoms with Gasteiger partial charge in [0.2, 0.25) is 0 Å². The fourth-order valence-corrected chi connectivity index (χ4v) is 2.47. The molecule has 1 aliphatic rings. The maximum atomic E-state index is 12.1. The summed E-state index contributed by atoms with van der Waals surface area (Å²) in [5, 5.41) is 6.01. The number of hydrogen-bond donors (Lipinski definition) is 2. The van der Waals surface area contributed by atoms with E-state index in [1.807, 2.05) is 0 Å². The van der Waals surface area contributed by atoms with Crippen LogP contribution in [0.2, 0.25) is 10.0 Å². The third-order valence-electron chi connectivity index (χ3n) is 3.13. The van der Waals surface area contributed by atoms with Crippen LogP contribution in [0.5, 0.6) is 5.75 Å². The van der Waals surface area contributed by atoms with Crippen molar-refractivity contribution in [3.8, 4) is 5.75 Å². The Bertz CT molecular complexity index is 661. The normalized spacial score (nSPS) is 17.4. The van der Waals surface area contributed by atoms with Crippen LogP contribution in [-0.4, -0.2) is 31.3 Å². The second-order valence-corrected chi connectivity index (χ2v) is 5.64. The first-order valence-corrected chi connectivity index (χ1v) is 7.73. The number of rotatable bonds is 5. The number of urea groups is 1. The third kappa shape index (κ3) is 4.30. The Morgan fingerprint density at radius 2 is 2.09 bits per heavy atom. The van der Waals surface area contributed by atoms with Crippen molar-refractivity contribution in [2.24, 2.45) is 0 Å². The first-order valence-electron chi connectivity index (χ1n) is 6.98. The predicted octanol–water partition coefficient (Wildman–Crippen LogP) is 2.89. The molecule has 8 heteroatoms. The van der Waals surface area contributed by atoms with Gasteiger partial charge in [0.25, 0.3) is 0 Å². The van der Waals surface area contributed by atoms with Gasteiger partial charge in [0.15, 0.2) is 0 Å². The molecule has 124 valence electrons. The monoisotopic (exact) mass is 358 g/mol. The summed E-state index contributed by atoms with van der Waals surface area (Å²) in [6.07, 6.45) is 0. The van der Waals surface area contributed by atoms with Crippen LogP contribution in [-0.2, 0) is 9.53 Å².